The molecule has 4 rings (SSSR count). The van der Waals surface area contributed by atoms with Gasteiger partial charge >= 0.3 is 0 Å². The Hall–Kier alpha value is -3.71. The number of carbonyl (C=O) groups excluding carboxylic acids is 1. The van der Waals surface area contributed by atoms with Crippen LogP contribution in [0.15, 0.2) is 66.7 Å². The van der Waals surface area contributed by atoms with E-state index in [1.54, 1.807) is 18.2 Å². The van der Waals surface area contributed by atoms with Gasteiger partial charge in [0.1, 0.15) is 11.4 Å². The number of para-hydroxylation sites is 2. The summed E-state index contributed by atoms with van der Waals surface area (Å²) in [4.78, 5) is 30.9. The molecule has 0 aliphatic carbocycles. The third kappa shape index (κ3) is 3.43. The molecule has 0 spiro atoms. The predicted molar refractivity (Wildman–Crippen MR) is 108 cm³/mol. The molecule has 28 heavy (non-hydrogen) atoms. The fraction of sp³-hybridized carbons (Fsp3) is 0. The van der Waals surface area contributed by atoms with Gasteiger partial charge in [-0.1, -0.05) is 35.9 Å². The molecule has 0 saturated heterocycles. The SMILES string of the molecule is O=C(Nc1cccc(-c2nc3ccccc3[nH]2)c1)c1ccc(Cl)cc1[N+](=O)[O-]. The van der Waals surface area contributed by atoms with E-state index in [0.29, 0.717) is 11.5 Å². The summed E-state index contributed by atoms with van der Waals surface area (Å²) in [5.41, 5.74) is 2.60. The number of amides is 1. The highest BCUT2D eigenvalue weighted by Gasteiger charge is 2.20. The number of aromatic amines is 1. The molecule has 1 amide bonds. The van der Waals surface area contributed by atoms with Crippen molar-refractivity contribution in [3.05, 3.63) is 87.4 Å². The second-order valence-corrected chi connectivity index (χ2v) is 6.49. The Bertz CT molecular complexity index is 1190. The van der Waals surface area contributed by atoms with Crippen LogP contribution in [0.2, 0.25) is 5.02 Å². The van der Waals surface area contributed by atoms with Crippen molar-refractivity contribution in [3.63, 3.8) is 0 Å². The minimum atomic E-state index is -0.633. The molecule has 1 aromatic heterocycles. The monoisotopic (exact) mass is 392 g/mol. The first-order valence-electron chi connectivity index (χ1n) is 8.32. The van der Waals surface area contributed by atoms with Crippen LogP contribution in [0.3, 0.4) is 0 Å². The zero-order valence-electron chi connectivity index (χ0n) is 14.3. The summed E-state index contributed by atoms with van der Waals surface area (Å²) < 4.78 is 0. The molecule has 8 heteroatoms. The van der Waals surface area contributed by atoms with E-state index in [9.17, 15) is 14.9 Å². The van der Waals surface area contributed by atoms with Crippen molar-refractivity contribution < 1.29 is 9.72 Å². The predicted octanol–water partition coefficient (Wildman–Crippen LogP) is 5.04. The number of nitro groups is 1. The number of aromatic nitrogens is 2. The second kappa shape index (κ2) is 7.13. The number of imidazole rings is 1. The number of hydrogen-bond acceptors (Lipinski definition) is 4. The number of benzene rings is 3. The normalized spacial score (nSPS) is 10.8. The molecule has 1 heterocycles. The average Bonchev–Trinajstić information content (AvgIpc) is 3.12. The summed E-state index contributed by atoms with van der Waals surface area (Å²) in [5, 5.41) is 14.1. The molecule has 0 unspecified atom stereocenters. The quantitative estimate of drug-likeness (QED) is 0.375. The van der Waals surface area contributed by atoms with Crippen molar-refractivity contribution in [2.24, 2.45) is 0 Å². The van der Waals surface area contributed by atoms with E-state index in [4.69, 9.17) is 11.6 Å². The van der Waals surface area contributed by atoms with Gasteiger partial charge in [-0.3, -0.25) is 14.9 Å². The van der Waals surface area contributed by atoms with Crippen LogP contribution in [0.1, 0.15) is 10.4 Å². The van der Waals surface area contributed by atoms with Crippen LogP contribution in [0.4, 0.5) is 11.4 Å². The van der Waals surface area contributed by atoms with Crippen molar-refractivity contribution in [1.29, 1.82) is 0 Å². The van der Waals surface area contributed by atoms with Crippen LogP contribution in [-0.2, 0) is 0 Å². The maximum absolute atomic E-state index is 12.6. The van der Waals surface area contributed by atoms with E-state index < -0.39 is 10.8 Å². The highest BCUT2D eigenvalue weighted by molar-refractivity contribution is 6.31. The van der Waals surface area contributed by atoms with E-state index in [0.717, 1.165) is 22.7 Å². The summed E-state index contributed by atoms with van der Waals surface area (Å²) in [6.07, 6.45) is 0. The van der Waals surface area contributed by atoms with Gasteiger partial charge in [0, 0.05) is 22.3 Å². The highest BCUT2D eigenvalue weighted by Crippen LogP contribution is 2.26. The molecule has 3 aromatic carbocycles. The molecule has 4 aromatic rings. The highest BCUT2D eigenvalue weighted by atomic mass is 35.5. The lowest BCUT2D eigenvalue weighted by atomic mass is 10.1. The van der Waals surface area contributed by atoms with Gasteiger partial charge < -0.3 is 10.3 Å². The molecule has 2 N–H and O–H groups in total. The first-order valence-corrected chi connectivity index (χ1v) is 8.69. The molecular formula is C20H13ClN4O3. The third-order valence-corrected chi connectivity index (χ3v) is 4.42. The van der Waals surface area contributed by atoms with Crippen LogP contribution in [0.25, 0.3) is 22.4 Å². The topological polar surface area (TPSA) is 101 Å². The van der Waals surface area contributed by atoms with E-state index in [-0.39, 0.29) is 16.3 Å². The Balaban J connectivity index is 1.64. The average molecular weight is 393 g/mol. The van der Waals surface area contributed by atoms with Gasteiger partial charge in [-0.15, -0.1) is 0 Å². The molecule has 0 saturated carbocycles. The number of hydrogen-bond donors (Lipinski definition) is 2. The smallest absolute Gasteiger partial charge is 0.283 e. The van der Waals surface area contributed by atoms with E-state index in [2.05, 4.69) is 15.3 Å². The molecule has 0 radical (unpaired) electrons. The number of nitro benzene ring substituents is 1. The van der Waals surface area contributed by atoms with E-state index in [1.807, 2.05) is 30.3 Å². The maximum Gasteiger partial charge on any atom is 0.283 e. The van der Waals surface area contributed by atoms with Crippen LogP contribution in [0.5, 0.6) is 0 Å². The Morgan fingerprint density at radius 1 is 1.07 bits per heavy atom. The summed E-state index contributed by atoms with van der Waals surface area (Å²) >= 11 is 5.80. The zero-order chi connectivity index (χ0) is 19.7. The Morgan fingerprint density at radius 2 is 1.89 bits per heavy atom. The summed E-state index contributed by atoms with van der Waals surface area (Å²) in [6.45, 7) is 0. The second-order valence-electron chi connectivity index (χ2n) is 6.06. The van der Waals surface area contributed by atoms with Gasteiger partial charge in [0.05, 0.1) is 16.0 Å². The lowest BCUT2D eigenvalue weighted by Crippen LogP contribution is -2.14. The Morgan fingerprint density at radius 3 is 2.68 bits per heavy atom. The van der Waals surface area contributed by atoms with Crippen LogP contribution >= 0.6 is 11.6 Å². The molecule has 0 bridgehead atoms. The van der Waals surface area contributed by atoms with E-state index >= 15 is 0 Å². The number of fused-ring (bicyclic) bond motifs is 1. The van der Waals surface area contributed by atoms with Gasteiger partial charge in [0.15, 0.2) is 0 Å². The van der Waals surface area contributed by atoms with Gasteiger partial charge in [-0.05, 0) is 36.4 Å². The van der Waals surface area contributed by atoms with Crippen LogP contribution < -0.4 is 5.32 Å². The van der Waals surface area contributed by atoms with E-state index in [1.165, 1.54) is 12.1 Å². The first-order chi connectivity index (χ1) is 13.5. The molecule has 0 fully saturated rings. The standard InChI is InChI=1S/C20H13ClN4O3/c21-13-8-9-15(18(11-13)25(27)28)20(26)22-14-5-3-4-12(10-14)19-23-16-6-1-2-7-17(16)24-19/h1-11H,(H,22,26)(H,23,24). The lowest BCUT2D eigenvalue weighted by Gasteiger charge is -2.07. The molecule has 7 nitrogen and oxygen atoms in total. The lowest BCUT2D eigenvalue weighted by molar-refractivity contribution is -0.385. The number of halogens is 1. The largest absolute Gasteiger partial charge is 0.338 e. The van der Waals surface area contributed by atoms with Crippen molar-refractivity contribution in [2.45, 2.75) is 0 Å². The minimum absolute atomic E-state index is 0.0662. The Labute approximate surface area is 164 Å². The molecule has 0 atom stereocenters. The van der Waals surface area contributed by atoms with Crippen LogP contribution in [-0.4, -0.2) is 20.8 Å². The number of anilines is 1. The molecule has 138 valence electrons. The number of nitrogens with one attached hydrogen (secondary N) is 2. The Kier molecular flexibility index (Phi) is 4.50. The molecular weight excluding hydrogens is 380 g/mol. The number of H-pyrrole nitrogens is 1. The summed E-state index contributed by atoms with van der Waals surface area (Å²) in [7, 11) is 0. The molecule has 0 aliphatic rings. The van der Waals surface area contributed by atoms with Crippen molar-refractivity contribution >= 4 is 39.9 Å². The summed E-state index contributed by atoms with van der Waals surface area (Å²) in [5.74, 6) is 0.0693. The number of nitrogens with zero attached hydrogens (tertiary/aromatic N) is 2. The third-order valence-electron chi connectivity index (χ3n) is 4.18. The number of carbonyl (C=O) groups is 1. The summed E-state index contributed by atoms with van der Waals surface area (Å²) in [6, 6.07) is 18.7. The fourth-order valence-electron chi connectivity index (χ4n) is 2.88. The van der Waals surface area contributed by atoms with Gasteiger partial charge in [0.2, 0.25) is 0 Å². The molecule has 0 aliphatic heterocycles. The first kappa shape index (κ1) is 17.7. The van der Waals surface area contributed by atoms with Gasteiger partial charge in [-0.25, -0.2) is 4.98 Å². The zero-order valence-corrected chi connectivity index (χ0v) is 15.1. The maximum atomic E-state index is 12.6. The van der Waals surface area contributed by atoms with Crippen molar-refractivity contribution in [3.8, 4) is 11.4 Å². The van der Waals surface area contributed by atoms with Crippen LogP contribution in [0, 0.1) is 10.1 Å². The number of rotatable bonds is 4. The fourth-order valence-corrected chi connectivity index (χ4v) is 3.05. The van der Waals surface area contributed by atoms with Crippen molar-refractivity contribution in [1.82, 2.24) is 9.97 Å². The van der Waals surface area contributed by atoms with Gasteiger partial charge in [-0.2, -0.15) is 0 Å². The van der Waals surface area contributed by atoms with Gasteiger partial charge in [0.25, 0.3) is 11.6 Å². The van der Waals surface area contributed by atoms with Crippen molar-refractivity contribution in [2.75, 3.05) is 5.32 Å². The minimum Gasteiger partial charge on any atom is -0.338 e.